The average Bonchev–Trinajstić information content (AvgIpc) is 2.94. The van der Waals surface area contributed by atoms with Gasteiger partial charge in [0.25, 0.3) is 0 Å². The van der Waals surface area contributed by atoms with Crippen molar-refractivity contribution in [1.82, 2.24) is 0 Å². The summed E-state index contributed by atoms with van der Waals surface area (Å²) < 4.78 is 44.5. The molecule has 0 amide bonds. The molecule has 0 aromatic rings. The highest BCUT2D eigenvalue weighted by Gasteiger charge is 2.59. The lowest BCUT2D eigenvalue weighted by Gasteiger charge is -2.52. The molecule has 0 N–H and O–H groups in total. The summed E-state index contributed by atoms with van der Waals surface area (Å²) in [6, 6.07) is 11.0. The molecule has 1 heterocycles. The predicted molar refractivity (Wildman–Crippen MR) is 167 cm³/mol. The van der Waals surface area contributed by atoms with Crippen LogP contribution < -0.4 is 0 Å². The molecule has 36 heavy (non-hydrogen) atoms. The molecule has 0 saturated carbocycles. The van der Waals surface area contributed by atoms with Gasteiger partial charge in [-0.1, -0.05) is 83.1 Å². The summed E-state index contributed by atoms with van der Waals surface area (Å²) in [4.78, 5) is 0. The van der Waals surface area contributed by atoms with Crippen molar-refractivity contribution in [3.05, 3.63) is 0 Å². The first-order valence-electron chi connectivity index (χ1n) is 15.2. The highest BCUT2D eigenvalue weighted by atomic mass is 28.5. The third-order valence-corrected chi connectivity index (χ3v) is 39.5. The normalized spacial score (nSPS) is 25.0. The molecule has 0 aliphatic carbocycles. The molecule has 1 saturated heterocycles. The zero-order chi connectivity index (χ0) is 27.7. The SMILES string of the molecule is CC[Si]1(CC)O[Si](CC)(CC)O[Si](CC)(CC)O[Si](CC)(CC)O[Si](CC)(CC)O[Si](CC)(CC)O1. The fourth-order valence-corrected chi connectivity index (χ4v) is 41.8. The largest absolute Gasteiger partial charge is 0.415 e. The van der Waals surface area contributed by atoms with Crippen LogP contribution in [-0.4, -0.2) is 51.4 Å². The van der Waals surface area contributed by atoms with Crippen molar-refractivity contribution in [2.45, 2.75) is 156 Å². The van der Waals surface area contributed by atoms with Crippen LogP contribution in [0.2, 0.25) is 72.5 Å². The van der Waals surface area contributed by atoms with Gasteiger partial charge in [0.1, 0.15) is 0 Å². The van der Waals surface area contributed by atoms with Crippen molar-refractivity contribution in [3.8, 4) is 0 Å². The fourth-order valence-electron chi connectivity index (χ4n) is 5.39. The van der Waals surface area contributed by atoms with E-state index in [2.05, 4.69) is 83.1 Å². The van der Waals surface area contributed by atoms with Gasteiger partial charge in [0.05, 0.1) is 0 Å². The lowest BCUT2D eigenvalue weighted by atomic mass is 10.9. The Morgan fingerprint density at radius 3 is 0.361 bits per heavy atom. The molecule has 0 aromatic carbocycles. The zero-order valence-electron chi connectivity index (χ0n) is 25.9. The van der Waals surface area contributed by atoms with E-state index in [0.717, 1.165) is 72.5 Å². The van der Waals surface area contributed by atoms with Crippen molar-refractivity contribution in [2.24, 2.45) is 0 Å². The molecule has 0 atom stereocenters. The second-order valence-electron chi connectivity index (χ2n) is 10.3. The quantitative estimate of drug-likeness (QED) is 0.205. The van der Waals surface area contributed by atoms with Gasteiger partial charge in [-0.15, -0.1) is 0 Å². The van der Waals surface area contributed by atoms with Gasteiger partial charge in [0.2, 0.25) is 0 Å². The van der Waals surface area contributed by atoms with Gasteiger partial charge in [-0.3, -0.25) is 0 Å². The molecule has 0 radical (unpaired) electrons. The first-order valence-corrected chi connectivity index (χ1v) is 28.6. The molecule has 1 aliphatic rings. The molecule has 216 valence electrons. The number of hydrogen-bond acceptors (Lipinski definition) is 6. The Hall–Kier alpha value is 1.06. The molecule has 1 fully saturated rings. The predicted octanol–water partition coefficient (Wildman–Crippen LogP) is 8.99. The third-order valence-electron chi connectivity index (χ3n) is 8.70. The minimum absolute atomic E-state index is 0.920. The van der Waals surface area contributed by atoms with Crippen LogP contribution in [-0.2, 0) is 24.7 Å². The standard InChI is InChI=1S/C24H60O6Si6/c1-13-31(14-2)25-32(15-3,16-4)27-34(19-7,20-8)29-36(23-11,24-12)30-35(21-9,22-10)28-33(17-5,18-6)26-31/h13-24H2,1-12H3. The van der Waals surface area contributed by atoms with Crippen molar-refractivity contribution in [2.75, 3.05) is 0 Å². The number of rotatable bonds is 12. The first kappa shape index (κ1) is 35.1. The van der Waals surface area contributed by atoms with Crippen molar-refractivity contribution < 1.29 is 24.7 Å². The van der Waals surface area contributed by atoms with Gasteiger partial charge in [-0.25, -0.2) is 0 Å². The van der Waals surface area contributed by atoms with E-state index in [9.17, 15) is 0 Å². The van der Waals surface area contributed by atoms with Gasteiger partial charge < -0.3 is 24.7 Å². The Morgan fingerprint density at radius 2 is 0.306 bits per heavy atom. The molecule has 0 unspecified atom stereocenters. The lowest BCUT2D eigenvalue weighted by molar-refractivity contribution is 0.213. The van der Waals surface area contributed by atoms with Crippen molar-refractivity contribution in [3.63, 3.8) is 0 Å². The van der Waals surface area contributed by atoms with E-state index in [1.807, 2.05) is 0 Å². The summed E-state index contributed by atoms with van der Waals surface area (Å²) in [5, 5.41) is 0. The summed E-state index contributed by atoms with van der Waals surface area (Å²) in [6.07, 6.45) is 0. The maximum atomic E-state index is 7.42. The highest BCUT2D eigenvalue weighted by molar-refractivity contribution is 6.95. The monoisotopic (exact) mass is 612 g/mol. The summed E-state index contributed by atoms with van der Waals surface area (Å²) >= 11 is 0. The van der Waals surface area contributed by atoms with Crippen LogP contribution in [0.5, 0.6) is 0 Å². The Morgan fingerprint density at radius 1 is 0.222 bits per heavy atom. The Bertz CT molecular complexity index is 467. The smallest absolute Gasteiger partial charge is 0.320 e. The maximum Gasteiger partial charge on any atom is 0.320 e. The second-order valence-corrected chi connectivity index (χ2v) is 34.6. The molecule has 6 nitrogen and oxygen atoms in total. The van der Waals surface area contributed by atoms with Crippen LogP contribution in [0, 0.1) is 0 Å². The molecule has 0 aromatic heterocycles. The lowest BCUT2D eigenvalue weighted by Crippen LogP contribution is -2.69. The van der Waals surface area contributed by atoms with Gasteiger partial charge in [0, 0.05) is 0 Å². The number of hydrogen-bond donors (Lipinski definition) is 0. The third kappa shape index (κ3) is 7.62. The van der Waals surface area contributed by atoms with E-state index >= 15 is 0 Å². The van der Waals surface area contributed by atoms with Crippen molar-refractivity contribution >= 4 is 51.4 Å². The van der Waals surface area contributed by atoms with Gasteiger partial charge in [-0.05, 0) is 72.5 Å². The molecule has 0 spiro atoms. The van der Waals surface area contributed by atoms with Crippen LogP contribution in [0.15, 0.2) is 0 Å². The minimum atomic E-state index is -2.57. The Balaban J connectivity index is 3.98. The molecule has 0 bridgehead atoms. The highest BCUT2D eigenvalue weighted by Crippen LogP contribution is 2.42. The minimum Gasteiger partial charge on any atom is -0.415 e. The molecular weight excluding hydrogens is 553 g/mol. The summed E-state index contributed by atoms with van der Waals surface area (Å²) in [6.45, 7) is 27.1. The maximum absolute atomic E-state index is 7.42. The van der Waals surface area contributed by atoms with Gasteiger partial charge in [-0.2, -0.15) is 0 Å². The zero-order valence-corrected chi connectivity index (χ0v) is 31.9. The van der Waals surface area contributed by atoms with Crippen molar-refractivity contribution in [1.29, 1.82) is 0 Å². The fraction of sp³-hybridized carbons (Fsp3) is 1.00. The molecule has 1 rings (SSSR count). The van der Waals surface area contributed by atoms with E-state index in [0.29, 0.717) is 0 Å². The molecule has 12 heteroatoms. The summed E-state index contributed by atoms with van der Waals surface area (Å²) in [5.74, 6) is 0. The van der Waals surface area contributed by atoms with E-state index in [1.165, 1.54) is 0 Å². The Kier molecular flexibility index (Phi) is 14.3. The van der Waals surface area contributed by atoms with Crippen LogP contribution in [0.4, 0.5) is 0 Å². The van der Waals surface area contributed by atoms with E-state index < -0.39 is 51.4 Å². The second kappa shape index (κ2) is 14.6. The van der Waals surface area contributed by atoms with Crippen LogP contribution in [0.1, 0.15) is 83.1 Å². The van der Waals surface area contributed by atoms with Crippen LogP contribution in [0.3, 0.4) is 0 Å². The molecular formula is C24H60O6Si6. The van der Waals surface area contributed by atoms with Gasteiger partial charge in [0.15, 0.2) is 0 Å². The molecule has 1 aliphatic heterocycles. The Labute approximate surface area is 231 Å². The van der Waals surface area contributed by atoms with E-state index in [4.69, 9.17) is 24.7 Å². The van der Waals surface area contributed by atoms with Gasteiger partial charge >= 0.3 is 51.4 Å². The van der Waals surface area contributed by atoms with E-state index in [-0.39, 0.29) is 0 Å². The average molecular weight is 613 g/mol. The van der Waals surface area contributed by atoms with E-state index in [1.54, 1.807) is 0 Å². The van der Waals surface area contributed by atoms with Crippen LogP contribution >= 0.6 is 0 Å². The summed E-state index contributed by atoms with van der Waals surface area (Å²) in [7, 11) is -15.4. The first-order chi connectivity index (χ1) is 17.0. The summed E-state index contributed by atoms with van der Waals surface area (Å²) in [5.41, 5.74) is 0. The van der Waals surface area contributed by atoms with Crippen LogP contribution in [0.25, 0.3) is 0 Å². The topological polar surface area (TPSA) is 55.4 Å².